The molecule has 2 aromatic rings. The highest BCUT2D eigenvalue weighted by Crippen LogP contribution is 2.20. The zero-order chi connectivity index (χ0) is 22.2. The van der Waals surface area contributed by atoms with Gasteiger partial charge in [-0.3, -0.25) is 9.79 Å². The molecule has 1 heterocycles. The van der Waals surface area contributed by atoms with Gasteiger partial charge in [-0.15, -0.1) is 0 Å². The molecule has 0 aliphatic carbocycles. The Morgan fingerprint density at radius 1 is 1.23 bits per heavy atom. The second-order valence-corrected chi connectivity index (χ2v) is 8.06. The number of nitrogens with zero attached hydrogens (tertiary/aromatic N) is 3. The quantitative estimate of drug-likeness (QED) is 0.529. The second kappa shape index (κ2) is 10.7. The average Bonchev–Trinajstić information content (AvgIpc) is 3.24. The lowest BCUT2D eigenvalue weighted by atomic mass is 10.2. The van der Waals surface area contributed by atoms with Gasteiger partial charge in [0.15, 0.2) is 12.6 Å². The first kappa shape index (κ1) is 22.5. The zero-order valence-corrected chi connectivity index (χ0v) is 18.9. The summed E-state index contributed by atoms with van der Waals surface area (Å²) in [5, 5.41) is 6.90. The van der Waals surface area contributed by atoms with E-state index in [0.717, 1.165) is 31.0 Å². The molecule has 1 unspecified atom stereocenters. The van der Waals surface area contributed by atoms with Gasteiger partial charge in [0.05, 0.1) is 0 Å². The number of benzene rings is 2. The van der Waals surface area contributed by atoms with E-state index >= 15 is 0 Å². The first-order chi connectivity index (χ1) is 14.9. The van der Waals surface area contributed by atoms with Crippen molar-refractivity contribution in [1.29, 1.82) is 0 Å². The monoisotopic (exact) mass is 423 g/mol. The summed E-state index contributed by atoms with van der Waals surface area (Å²) in [6, 6.07) is 16.8. The number of guanidine groups is 1. The Balaban J connectivity index is 1.48. The maximum atomic E-state index is 11.7. The summed E-state index contributed by atoms with van der Waals surface area (Å²) in [6.45, 7) is 4.74. The zero-order valence-electron chi connectivity index (χ0n) is 18.9. The molecule has 1 aliphatic heterocycles. The van der Waals surface area contributed by atoms with Gasteiger partial charge in [0, 0.05) is 52.5 Å². The molecular weight excluding hydrogens is 390 g/mol. The van der Waals surface area contributed by atoms with Crippen molar-refractivity contribution < 1.29 is 9.53 Å². The molecule has 1 fully saturated rings. The van der Waals surface area contributed by atoms with Crippen molar-refractivity contribution in [2.24, 2.45) is 4.99 Å². The number of anilines is 1. The molecule has 0 aromatic heterocycles. The number of hydrogen-bond acceptors (Lipinski definition) is 4. The van der Waals surface area contributed by atoms with Crippen LogP contribution in [0.1, 0.15) is 17.5 Å². The third-order valence-electron chi connectivity index (χ3n) is 5.37. The number of nitrogens with one attached hydrogen (secondary N) is 2. The van der Waals surface area contributed by atoms with Gasteiger partial charge in [-0.25, -0.2) is 0 Å². The average molecular weight is 424 g/mol. The molecule has 0 radical (unpaired) electrons. The number of hydrogen-bond donors (Lipinski definition) is 2. The predicted octanol–water partition coefficient (Wildman–Crippen LogP) is 2.41. The molecule has 0 saturated carbocycles. The van der Waals surface area contributed by atoms with Crippen LogP contribution in [-0.4, -0.2) is 63.6 Å². The fourth-order valence-corrected chi connectivity index (χ4v) is 3.46. The van der Waals surface area contributed by atoms with Gasteiger partial charge >= 0.3 is 0 Å². The molecule has 1 atom stereocenters. The van der Waals surface area contributed by atoms with Gasteiger partial charge in [-0.1, -0.05) is 29.8 Å². The SMILES string of the molecule is CN=C(NCc1cccc(OCC(=O)N(C)C)c1)NC1CCN(c2ccc(C)cc2)C1. The van der Waals surface area contributed by atoms with Gasteiger partial charge in [0.1, 0.15) is 5.75 Å². The summed E-state index contributed by atoms with van der Waals surface area (Å²) >= 11 is 0. The van der Waals surface area contributed by atoms with Crippen LogP contribution in [0.4, 0.5) is 5.69 Å². The fraction of sp³-hybridized carbons (Fsp3) is 0.417. The van der Waals surface area contributed by atoms with Gasteiger partial charge < -0.3 is 25.2 Å². The maximum Gasteiger partial charge on any atom is 0.259 e. The number of carbonyl (C=O) groups excluding carboxylic acids is 1. The van der Waals surface area contributed by atoms with Gasteiger partial charge in [0.25, 0.3) is 5.91 Å². The third-order valence-corrected chi connectivity index (χ3v) is 5.37. The largest absolute Gasteiger partial charge is 0.484 e. The van der Waals surface area contributed by atoms with E-state index in [1.165, 1.54) is 16.2 Å². The molecule has 166 valence electrons. The van der Waals surface area contributed by atoms with Crippen molar-refractivity contribution in [1.82, 2.24) is 15.5 Å². The van der Waals surface area contributed by atoms with Crippen LogP contribution in [0.5, 0.6) is 5.75 Å². The maximum absolute atomic E-state index is 11.7. The molecule has 7 nitrogen and oxygen atoms in total. The minimum Gasteiger partial charge on any atom is -0.484 e. The van der Waals surface area contributed by atoms with Crippen LogP contribution >= 0.6 is 0 Å². The Bertz CT molecular complexity index is 895. The lowest BCUT2D eigenvalue weighted by molar-refractivity contribution is -0.130. The van der Waals surface area contributed by atoms with Crippen molar-refractivity contribution in [3.8, 4) is 5.75 Å². The van der Waals surface area contributed by atoms with Crippen molar-refractivity contribution in [3.05, 3.63) is 59.7 Å². The highest BCUT2D eigenvalue weighted by atomic mass is 16.5. The predicted molar refractivity (Wildman–Crippen MR) is 126 cm³/mol. The molecular formula is C24H33N5O2. The number of carbonyl (C=O) groups is 1. The van der Waals surface area contributed by atoms with Crippen LogP contribution in [0.15, 0.2) is 53.5 Å². The van der Waals surface area contributed by atoms with E-state index in [2.05, 4.69) is 51.7 Å². The Morgan fingerprint density at radius 3 is 2.71 bits per heavy atom. The van der Waals surface area contributed by atoms with E-state index in [0.29, 0.717) is 18.3 Å². The summed E-state index contributed by atoms with van der Waals surface area (Å²) in [4.78, 5) is 20.0. The molecule has 3 rings (SSSR count). The number of aliphatic imine (C=N–C) groups is 1. The molecule has 31 heavy (non-hydrogen) atoms. The highest BCUT2D eigenvalue weighted by molar-refractivity contribution is 5.80. The minimum absolute atomic E-state index is 0.0340. The van der Waals surface area contributed by atoms with E-state index < -0.39 is 0 Å². The van der Waals surface area contributed by atoms with Crippen LogP contribution < -0.4 is 20.3 Å². The molecule has 1 saturated heterocycles. The first-order valence-corrected chi connectivity index (χ1v) is 10.7. The molecule has 1 amide bonds. The van der Waals surface area contributed by atoms with Gasteiger partial charge in [0.2, 0.25) is 0 Å². The van der Waals surface area contributed by atoms with Crippen molar-refractivity contribution in [3.63, 3.8) is 0 Å². The number of rotatable bonds is 7. The molecule has 1 aliphatic rings. The second-order valence-electron chi connectivity index (χ2n) is 8.06. The Hall–Kier alpha value is -3.22. The summed E-state index contributed by atoms with van der Waals surface area (Å²) < 4.78 is 5.60. The van der Waals surface area contributed by atoms with Crippen LogP contribution in [0, 0.1) is 6.92 Å². The van der Waals surface area contributed by atoms with Crippen LogP contribution in [0.3, 0.4) is 0 Å². The highest BCUT2D eigenvalue weighted by Gasteiger charge is 2.23. The summed E-state index contributed by atoms with van der Waals surface area (Å²) in [7, 11) is 5.22. The lowest BCUT2D eigenvalue weighted by Crippen LogP contribution is -2.44. The smallest absolute Gasteiger partial charge is 0.259 e. The van der Waals surface area contributed by atoms with Crippen LogP contribution in [0.25, 0.3) is 0 Å². The molecule has 0 spiro atoms. The molecule has 2 aromatic carbocycles. The lowest BCUT2D eigenvalue weighted by Gasteiger charge is -2.20. The first-order valence-electron chi connectivity index (χ1n) is 10.7. The third kappa shape index (κ3) is 6.64. The molecule has 2 N–H and O–H groups in total. The number of ether oxygens (including phenoxy) is 1. The Kier molecular flexibility index (Phi) is 7.76. The van der Waals surface area contributed by atoms with Gasteiger partial charge in [-0.2, -0.15) is 0 Å². The minimum atomic E-state index is -0.0654. The van der Waals surface area contributed by atoms with E-state index in [1.54, 1.807) is 21.1 Å². The van der Waals surface area contributed by atoms with E-state index in [-0.39, 0.29) is 12.5 Å². The topological polar surface area (TPSA) is 69.2 Å². The normalized spacial score (nSPS) is 16.2. The number of aryl methyl sites for hydroxylation is 1. The summed E-state index contributed by atoms with van der Waals surface area (Å²) in [6.07, 6.45) is 1.07. The molecule has 7 heteroatoms. The van der Waals surface area contributed by atoms with Crippen LogP contribution in [-0.2, 0) is 11.3 Å². The van der Waals surface area contributed by atoms with E-state index in [4.69, 9.17) is 4.74 Å². The van der Waals surface area contributed by atoms with Gasteiger partial charge in [-0.05, 0) is 43.2 Å². The van der Waals surface area contributed by atoms with Crippen LogP contribution in [0.2, 0.25) is 0 Å². The van der Waals surface area contributed by atoms with Crippen molar-refractivity contribution in [2.75, 3.05) is 45.7 Å². The van der Waals surface area contributed by atoms with E-state index in [9.17, 15) is 4.79 Å². The summed E-state index contributed by atoms with van der Waals surface area (Å²) in [5.74, 6) is 1.40. The Labute approximate surface area is 185 Å². The number of likely N-dealkylation sites (N-methyl/N-ethyl adjacent to an activating group) is 1. The fourth-order valence-electron chi connectivity index (χ4n) is 3.46. The van der Waals surface area contributed by atoms with E-state index in [1.807, 2.05) is 24.3 Å². The molecule has 0 bridgehead atoms. The summed E-state index contributed by atoms with van der Waals surface area (Å²) in [5.41, 5.74) is 3.61. The Morgan fingerprint density at radius 2 is 2.00 bits per heavy atom. The number of amides is 1. The van der Waals surface area contributed by atoms with Crippen molar-refractivity contribution >= 4 is 17.6 Å². The standard InChI is InChI=1S/C24H33N5O2/c1-18-8-10-21(11-9-18)29-13-12-20(16-29)27-24(25-2)26-15-19-6-5-7-22(14-19)31-17-23(30)28(3)4/h5-11,14,20H,12-13,15-17H2,1-4H3,(H2,25,26,27). The van der Waals surface area contributed by atoms with Crippen molar-refractivity contribution in [2.45, 2.75) is 25.9 Å².